The SMILES string of the molecule is CCc1cc2c(C3=NN(CCCCBr)C(=O)CC3)ccc(OC)n2n1. The predicted octanol–water partition coefficient (Wildman–Crippen LogP) is 3.41. The van der Waals surface area contributed by atoms with Crippen LogP contribution in [0.4, 0.5) is 0 Å². The Balaban J connectivity index is 1.98. The van der Waals surface area contributed by atoms with E-state index in [1.807, 2.05) is 16.6 Å². The van der Waals surface area contributed by atoms with Gasteiger partial charge in [-0.25, -0.2) is 9.52 Å². The van der Waals surface area contributed by atoms with Gasteiger partial charge in [0.2, 0.25) is 11.8 Å². The standard InChI is InChI=1S/C18H23BrN4O2/c1-3-13-12-16-14(6-9-18(25-2)23(16)20-13)15-7-8-17(24)22(21-15)11-5-4-10-19/h6,9,12H,3-5,7-8,10-11H2,1-2H3. The van der Waals surface area contributed by atoms with Gasteiger partial charge in [0.1, 0.15) is 0 Å². The smallest absolute Gasteiger partial charge is 0.243 e. The zero-order valence-electron chi connectivity index (χ0n) is 14.7. The molecule has 1 aliphatic heterocycles. The molecule has 2 aromatic heterocycles. The molecule has 6 nitrogen and oxygen atoms in total. The zero-order chi connectivity index (χ0) is 17.8. The van der Waals surface area contributed by atoms with Crippen LogP contribution in [0.15, 0.2) is 23.3 Å². The molecule has 25 heavy (non-hydrogen) atoms. The van der Waals surface area contributed by atoms with Crippen LogP contribution in [0, 0.1) is 0 Å². The number of aromatic nitrogens is 2. The number of rotatable bonds is 7. The Labute approximate surface area is 156 Å². The topological polar surface area (TPSA) is 59.2 Å². The summed E-state index contributed by atoms with van der Waals surface area (Å²) in [6.45, 7) is 2.75. The van der Waals surface area contributed by atoms with Crippen molar-refractivity contribution in [1.29, 1.82) is 0 Å². The fourth-order valence-corrected chi connectivity index (χ4v) is 3.39. The highest BCUT2D eigenvalue weighted by Gasteiger charge is 2.23. The minimum Gasteiger partial charge on any atom is -0.481 e. The maximum absolute atomic E-state index is 12.1. The molecule has 134 valence electrons. The lowest BCUT2D eigenvalue weighted by molar-refractivity contribution is -0.131. The summed E-state index contributed by atoms with van der Waals surface area (Å²) in [6.07, 6.45) is 3.98. The number of amides is 1. The van der Waals surface area contributed by atoms with Gasteiger partial charge in [-0.05, 0) is 31.4 Å². The number of pyridine rings is 1. The molecule has 0 aliphatic carbocycles. The van der Waals surface area contributed by atoms with Crippen LogP contribution in [0.25, 0.3) is 5.52 Å². The number of fused-ring (bicyclic) bond motifs is 1. The van der Waals surface area contributed by atoms with Crippen molar-refractivity contribution in [3.05, 3.63) is 29.5 Å². The molecule has 2 aromatic rings. The van der Waals surface area contributed by atoms with Gasteiger partial charge in [-0.2, -0.15) is 10.2 Å². The van der Waals surface area contributed by atoms with Crippen LogP contribution in [0.1, 0.15) is 43.9 Å². The van der Waals surface area contributed by atoms with Crippen LogP contribution in [0.3, 0.4) is 0 Å². The van der Waals surface area contributed by atoms with E-state index in [2.05, 4.69) is 39.1 Å². The number of aryl methyl sites for hydroxylation is 1. The third-order valence-corrected chi connectivity index (χ3v) is 4.94. The second-order valence-corrected chi connectivity index (χ2v) is 6.83. The molecule has 0 unspecified atom stereocenters. The number of carbonyl (C=O) groups excluding carboxylic acids is 1. The fraction of sp³-hybridized carbons (Fsp3) is 0.500. The molecule has 3 rings (SSSR count). The van der Waals surface area contributed by atoms with Crippen molar-refractivity contribution < 1.29 is 9.53 Å². The number of alkyl halides is 1. The number of nitrogens with zero attached hydrogens (tertiary/aromatic N) is 4. The monoisotopic (exact) mass is 406 g/mol. The van der Waals surface area contributed by atoms with E-state index in [-0.39, 0.29) is 5.91 Å². The molecular weight excluding hydrogens is 384 g/mol. The number of halogens is 1. The Morgan fingerprint density at radius 3 is 2.84 bits per heavy atom. The molecule has 0 fully saturated rings. The summed E-state index contributed by atoms with van der Waals surface area (Å²) >= 11 is 3.43. The van der Waals surface area contributed by atoms with Crippen molar-refractivity contribution >= 4 is 33.1 Å². The van der Waals surface area contributed by atoms with Crippen LogP contribution in [0.2, 0.25) is 0 Å². The predicted molar refractivity (Wildman–Crippen MR) is 102 cm³/mol. The van der Waals surface area contributed by atoms with Crippen molar-refractivity contribution in [1.82, 2.24) is 14.6 Å². The summed E-state index contributed by atoms with van der Waals surface area (Å²) in [5, 5.41) is 11.8. The minimum absolute atomic E-state index is 0.102. The number of hydrogen-bond acceptors (Lipinski definition) is 4. The van der Waals surface area contributed by atoms with Gasteiger partial charge in [-0.3, -0.25) is 4.79 Å². The lowest BCUT2D eigenvalue weighted by Gasteiger charge is -2.24. The van der Waals surface area contributed by atoms with Crippen LogP contribution >= 0.6 is 15.9 Å². The molecule has 7 heteroatoms. The van der Waals surface area contributed by atoms with E-state index in [4.69, 9.17) is 4.74 Å². The minimum atomic E-state index is 0.102. The number of unbranched alkanes of at least 4 members (excludes halogenated alkanes) is 1. The Morgan fingerprint density at radius 1 is 1.28 bits per heavy atom. The third kappa shape index (κ3) is 3.71. The zero-order valence-corrected chi connectivity index (χ0v) is 16.3. The largest absolute Gasteiger partial charge is 0.481 e. The van der Waals surface area contributed by atoms with Crippen LogP contribution < -0.4 is 4.74 Å². The van der Waals surface area contributed by atoms with Gasteiger partial charge < -0.3 is 4.74 Å². The summed E-state index contributed by atoms with van der Waals surface area (Å²) < 4.78 is 7.24. The van der Waals surface area contributed by atoms with E-state index in [1.165, 1.54) is 0 Å². The first-order valence-corrected chi connectivity index (χ1v) is 9.80. The average Bonchev–Trinajstić information content (AvgIpc) is 3.07. The summed E-state index contributed by atoms with van der Waals surface area (Å²) in [4.78, 5) is 12.1. The van der Waals surface area contributed by atoms with Crippen LogP contribution in [-0.4, -0.2) is 45.2 Å². The van der Waals surface area contributed by atoms with Crippen molar-refractivity contribution in [3.8, 4) is 5.88 Å². The molecule has 0 saturated heterocycles. The van der Waals surface area contributed by atoms with Gasteiger partial charge in [0.25, 0.3) is 0 Å². The van der Waals surface area contributed by atoms with E-state index in [0.29, 0.717) is 25.3 Å². The number of methoxy groups -OCH3 is 1. The highest BCUT2D eigenvalue weighted by atomic mass is 79.9. The molecule has 0 spiro atoms. The second-order valence-electron chi connectivity index (χ2n) is 6.04. The molecule has 0 saturated carbocycles. The molecular formula is C18H23BrN4O2. The molecule has 3 heterocycles. The van der Waals surface area contributed by atoms with Gasteiger partial charge in [0.05, 0.1) is 24.0 Å². The third-order valence-electron chi connectivity index (χ3n) is 4.38. The number of ether oxygens (including phenoxy) is 1. The summed E-state index contributed by atoms with van der Waals surface area (Å²) in [7, 11) is 1.64. The van der Waals surface area contributed by atoms with E-state index in [0.717, 1.165) is 47.1 Å². The summed E-state index contributed by atoms with van der Waals surface area (Å²) in [5.41, 5.74) is 3.94. The van der Waals surface area contributed by atoms with E-state index in [9.17, 15) is 4.79 Å². The average molecular weight is 407 g/mol. The molecule has 1 amide bonds. The first-order valence-electron chi connectivity index (χ1n) is 8.67. The summed E-state index contributed by atoms with van der Waals surface area (Å²) in [5.74, 6) is 0.797. The summed E-state index contributed by atoms with van der Waals surface area (Å²) in [6, 6.07) is 6.00. The molecule has 0 N–H and O–H groups in total. The molecule has 0 radical (unpaired) electrons. The molecule has 1 aliphatic rings. The normalized spacial score (nSPS) is 14.9. The van der Waals surface area contributed by atoms with Crippen LogP contribution in [0.5, 0.6) is 5.88 Å². The first kappa shape index (κ1) is 17.9. The fourth-order valence-electron chi connectivity index (χ4n) is 3.00. The highest BCUT2D eigenvalue weighted by molar-refractivity contribution is 9.09. The van der Waals surface area contributed by atoms with Gasteiger partial charge in [0, 0.05) is 36.3 Å². The number of hydrazone groups is 1. The Hall–Kier alpha value is -1.89. The molecule has 0 atom stereocenters. The Kier molecular flexibility index (Phi) is 5.73. The van der Waals surface area contributed by atoms with E-state index in [1.54, 1.807) is 12.1 Å². The van der Waals surface area contributed by atoms with Gasteiger partial charge >= 0.3 is 0 Å². The maximum Gasteiger partial charge on any atom is 0.243 e. The lowest BCUT2D eigenvalue weighted by Crippen LogP contribution is -2.33. The second kappa shape index (κ2) is 7.99. The molecule has 0 bridgehead atoms. The Morgan fingerprint density at radius 2 is 2.12 bits per heavy atom. The highest BCUT2D eigenvalue weighted by Crippen LogP contribution is 2.24. The van der Waals surface area contributed by atoms with Crippen molar-refractivity contribution in [2.75, 3.05) is 19.0 Å². The number of carbonyl (C=O) groups is 1. The number of hydrogen-bond donors (Lipinski definition) is 0. The quantitative estimate of drug-likeness (QED) is 0.522. The Bertz CT molecular complexity index is 800. The van der Waals surface area contributed by atoms with E-state index >= 15 is 0 Å². The van der Waals surface area contributed by atoms with Crippen LogP contribution in [-0.2, 0) is 11.2 Å². The van der Waals surface area contributed by atoms with Gasteiger partial charge in [-0.15, -0.1) is 0 Å². The van der Waals surface area contributed by atoms with E-state index < -0.39 is 0 Å². The van der Waals surface area contributed by atoms with Gasteiger partial charge in [0.15, 0.2) is 0 Å². The van der Waals surface area contributed by atoms with Crippen molar-refractivity contribution in [2.24, 2.45) is 5.10 Å². The maximum atomic E-state index is 12.1. The molecule has 0 aromatic carbocycles. The van der Waals surface area contributed by atoms with Crippen molar-refractivity contribution in [2.45, 2.75) is 39.0 Å². The first-order chi connectivity index (χ1) is 12.2. The lowest BCUT2D eigenvalue weighted by atomic mass is 10.0. The van der Waals surface area contributed by atoms with Gasteiger partial charge in [-0.1, -0.05) is 22.9 Å². The van der Waals surface area contributed by atoms with Crippen molar-refractivity contribution in [3.63, 3.8) is 0 Å².